The van der Waals surface area contributed by atoms with Gasteiger partial charge in [0.1, 0.15) is 11.2 Å². The van der Waals surface area contributed by atoms with Crippen molar-refractivity contribution >= 4 is 17.5 Å². The Balaban J connectivity index is 1.85. The molecule has 0 atom stereocenters. The van der Waals surface area contributed by atoms with E-state index >= 15 is 0 Å². The van der Waals surface area contributed by atoms with Crippen LogP contribution in [0.2, 0.25) is 0 Å². The zero-order valence-corrected chi connectivity index (χ0v) is 18.8. The van der Waals surface area contributed by atoms with Crippen molar-refractivity contribution in [2.24, 2.45) is 5.41 Å². The predicted molar refractivity (Wildman–Crippen MR) is 116 cm³/mol. The van der Waals surface area contributed by atoms with E-state index < -0.39 is 5.60 Å². The molecule has 0 aromatic carbocycles. The second kappa shape index (κ2) is 7.89. The van der Waals surface area contributed by atoms with E-state index in [4.69, 9.17) is 10.1 Å². The average Bonchev–Trinajstić information content (AvgIpc) is 3.09. The van der Waals surface area contributed by atoms with Gasteiger partial charge in [0.15, 0.2) is 0 Å². The van der Waals surface area contributed by atoms with E-state index in [1.165, 1.54) is 0 Å². The number of nitrogens with zero attached hydrogens (tertiary/aromatic N) is 3. The van der Waals surface area contributed by atoms with Crippen molar-refractivity contribution in [2.45, 2.75) is 72.3 Å². The Labute approximate surface area is 177 Å². The van der Waals surface area contributed by atoms with E-state index in [-0.39, 0.29) is 23.0 Å². The first-order chi connectivity index (χ1) is 13.9. The number of carbonyl (C=O) groups excluding carboxylic acids is 1. The van der Waals surface area contributed by atoms with E-state index in [1.54, 1.807) is 21.7 Å². The summed E-state index contributed by atoms with van der Waals surface area (Å²) in [7, 11) is 0. The molecule has 3 rings (SSSR count). The number of carbonyl (C=O) groups is 1. The minimum absolute atomic E-state index is 0.106. The fourth-order valence-electron chi connectivity index (χ4n) is 3.71. The summed E-state index contributed by atoms with van der Waals surface area (Å²) >= 11 is 0. The third-order valence-corrected chi connectivity index (χ3v) is 5.93. The summed E-state index contributed by atoms with van der Waals surface area (Å²) in [6, 6.07) is 1.59. The van der Waals surface area contributed by atoms with Crippen molar-refractivity contribution in [3.63, 3.8) is 0 Å². The Morgan fingerprint density at radius 1 is 1.27 bits per heavy atom. The summed E-state index contributed by atoms with van der Waals surface area (Å²) in [5.74, 6) is 0.106. The van der Waals surface area contributed by atoms with Gasteiger partial charge in [0.05, 0.1) is 17.5 Å². The second-order valence-corrected chi connectivity index (χ2v) is 9.73. The van der Waals surface area contributed by atoms with E-state index in [0.29, 0.717) is 30.0 Å². The highest BCUT2D eigenvalue weighted by molar-refractivity contribution is 6.06. The Hall–Kier alpha value is -2.64. The fourth-order valence-corrected chi connectivity index (χ4v) is 3.71. The molecule has 3 heterocycles. The molecule has 1 aliphatic rings. The molecular formula is C22H33N5O3. The normalized spacial score (nSPS) is 16.1. The molecule has 0 spiro atoms. The summed E-state index contributed by atoms with van der Waals surface area (Å²) in [6.07, 6.45) is 3.64. The van der Waals surface area contributed by atoms with Crippen molar-refractivity contribution in [3.8, 4) is 0 Å². The van der Waals surface area contributed by atoms with Gasteiger partial charge in [-0.25, -0.2) is 9.31 Å². The molecule has 164 valence electrons. The molecule has 0 saturated carbocycles. The van der Waals surface area contributed by atoms with Crippen LogP contribution in [0.25, 0.3) is 5.65 Å². The summed E-state index contributed by atoms with van der Waals surface area (Å²) in [6.45, 7) is 12.8. The number of amides is 1. The lowest BCUT2D eigenvalue weighted by atomic mass is 9.82. The number of aromatic nitrogens is 3. The highest BCUT2D eigenvalue weighted by Gasteiger charge is 2.30. The number of piperidine rings is 1. The lowest BCUT2D eigenvalue weighted by molar-refractivity contribution is 0.0203. The Morgan fingerprint density at radius 2 is 1.90 bits per heavy atom. The molecule has 2 N–H and O–H groups in total. The number of H-pyrrole nitrogens is 1. The van der Waals surface area contributed by atoms with Crippen LogP contribution in [0.15, 0.2) is 17.1 Å². The smallest absolute Gasteiger partial charge is 0.410 e. The van der Waals surface area contributed by atoms with E-state index in [9.17, 15) is 9.59 Å². The van der Waals surface area contributed by atoms with Gasteiger partial charge in [0.2, 0.25) is 0 Å². The predicted octanol–water partition coefficient (Wildman–Crippen LogP) is 3.94. The number of nitrogens with one attached hydrogen (secondary N) is 2. The van der Waals surface area contributed by atoms with Gasteiger partial charge in [-0.05, 0) is 40.0 Å². The van der Waals surface area contributed by atoms with Crippen LogP contribution in [0.3, 0.4) is 0 Å². The molecule has 2 aromatic heterocycles. The molecule has 0 aliphatic carbocycles. The summed E-state index contributed by atoms with van der Waals surface area (Å²) in [5.41, 5.74) is 1.49. The lowest BCUT2D eigenvalue weighted by Crippen LogP contribution is -2.41. The molecule has 0 radical (unpaired) electrons. The van der Waals surface area contributed by atoms with Crippen molar-refractivity contribution in [2.75, 3.05) is 13.1 Å². The zero-order chi connectivity index (χ0) is 22.3. The summed E-state index contributed by atoms with van der Waals surface area (Å²) in [5, 5.41) is 13.1. The van der Waals surface area contributed by atoms with Crippen molar-refractivity contribution in [3.05, 3.63) is 33.9 Å². The van der Waals surface area contributed by atoms with Crippen LogP contribution in [-0.2, 0) is 4.74 Å². The van der Waals surface area contributed by atoms with E-state index in [0.717, 1.165) is 25.0 Å². The summed E-state index contributed by atoms with van der Waals surface area (Å²) < 4.78 is 7.23. The maximum absolute atomic E-state index is 12.4. The molecule has 1 amide bonds. The number of likely N-dealkylation sites (tertiary alicyclic amines) is 1. The molecular weight excluding hydrogens is 382 g/mol. The van der Waals surface area contributed by atoms with Crippen LogP contribution < -0.4 is 5.56 Å². The van der Waals surface area contributed by atoms with E-state index in [2.05, 4.69) is 10.1 Å². The third-order valence-electron chi connectivity index (χ3n) is 5.93. The first-order valence-corrected chi connectivity index (χ1v) is 10.6. The van der Waals surface area contributed by atoms with Gasteiger partial charge in [-0.1, -0.05) is 20.8 Å². The first kappa shape index (κ1) is 22.1. The minimum atomic E-state index is -0.519. The maximum atomic E-state index is 12.4. The topological polar surface area (TPSA) is 104 Å². The molecule has 1 saturated heterocycles. The van der Waals surface area contributed by atoms with Crippen molar-refractivity contribution < 1.29 is 9.53 Å². The average molecular weight is 416 g/mol. The molecule has 0 bridgehead atoms. The maximum Gasteiger partial charge on any atom is 0.410 e. The fraction of sp³-hybridized carbons (Fsp3) is 0.636. The Bertz CT molecular complexity index is 1000. The standard InChI is InChI=1S/C22H33N5O3/c1-7-22(5,6)18(23)15-13-24-27-16(12-17(28)25-19(15)27)14-8-10-26(11-9-14)20(29)30-21(2,3)4/h12-14,23H,7-11H2,1-6H3,(H,25,28). The highest BCUT2D eigenvalue weighted by Crippen LogP contribution is 2.31. The van der Waals surface area contributed by atoms with Crippen LogP contribution in [0.5, 0.6) is 0 Å². The van der Waals surface area contributed by atoms with Gasteiger partial charge in [0.25, 0.3) is 5.56 Å². The van der Waals surface area contributed by atoms with Crippen LogP contribution in [-0.4, -0.2) is 50.0 Å². The first-order valence-electron chi connectivity index (χ1n) is 10.6. The number of aromatic amines is 1. The lowest BCUT2D eigenvalue weighted by Gasteiger charge is -2.33. The molecule has 0 unspecified atom stereocenters. The van der Waals surface area contributed by atoms with Crippen molar-refractivity contribution in [1.82, 2.24) is 19.5 Å². The van der Waals surface area contributed by atoms with Gasteiger partial charge in [-0.3, -0.25) is 4.79 Å². The highest BCUT2D eigenvalue weighted by atomic mass is 16.6. The zero-order valence-electron chi connectivity index (χ0n) is 18.8. The number of rotatable bonds is 4. The third kappa shape index (κ3) is 4.42. The van der Waals surface area contributed by atoms with Gasteiger partial charge >= 0.3 is 6.09 Å². The molecule has 1 aliphatic heterocycles. The molecule has 30 heavy (non-hydrogen) atoms. The molecule has 8 heteroatoms. The van der Waals surface area contributed by atoms with Crippen molar-refractivity contribution in [1.29, 1.82) is 5.41 Å². The van der Waals surface area contributed by atoms with Gasteiger partial charge in [-0.15, -0.1) is 0 Å². The van der Waals surface area contributed by atoms with Gasteiger partial charge in [-0.2, -0.15) is 5.10 Å². The van der Waals surface area contributed by atoms with Crippen LogP contribution >= 0.6 is 0 Å². The number of hydrogen-bond donors (Lipinski definition) is 2. The second-order valence-electron chi connectivity index (χ2n) is 9.73. The SMILES string of the molecule is CCC(C)(C)C(=N)c1cnn2c(C3CCN(C(=O)OC(C)(C)C)CC3)cc(=O)[nH]c12. The molecule has 8 nitrogen and oxygen atoms in total. The van der Waals surface area contributed by atoms with Crippen LogP contribution in [0.4, 0.5) is 4.79 Å². The quantitative estimate of drug-likeness (QED) is 0.738. The molecule has 2 aromatic rings. The largest absolute Gasteiger partial charge is 0.444 e. The minimum Gasteiger partial charge on any atom is -0.444 e. The Morgan fingerprint density at radius 3 is 2.47 bits per heavy atom. The number of hydrogen-bond acceptors (Lipinski definition) is 5. The van der Waals surface area contributed by atoms with Crippen LogP contribution in [0.1, 0.15) is 78.0 Å². The van der Waals surface area contributed by atoms with Crippen LogP contribution in [0, 0.1) is 10.8 Å². The summed E-state index contributed by atoms with van der Waals surface area (Å²) in [4.78, 5) is 29.3. The monoisotopic (exact) mass is 415 g/mol. The number of fused-ring (bicyclic) bond motifs is 1. The molecule has 1 fully saturated rings. The number of ether oxygens (including phenoxy) is 1. The van der Waals surface area contributed by atoms with E-state index in [1.807, 2.05) is 41.5 Å². The Kier molecular flexibility index (Phi) is 5.80. The van der Waals surface area contributed by atoms with Gasteiger partial charge in [0, 0.05) is 36.2 Å². The van der Waals surface area contributed by atoms with Gasteiger partial charge < -0.3 is 20.0 Å².